The number of rotatable bonds is 7. The van der Waals surface area contributed by atoms with E-state index in [-0.39, 0.29) is 37.6 Å². The van der Waals surface area contributed by atoms with Gasteiger partial charge in [-0.15, -0.1) is 0 Å². The van der Waals surface area contributed by atoms with Gasteiger partial charge in [0, 0.05) is 26.3 Å². The summed E-state index contributed by atoms with van der Waals surface area (Å²) in [6.45, 7) is -0.241. The van der Waals surface area contributed by atoms with Crippen molar-refractivity contribution in [3.63, 3.8) is 0 Å². The van der Waals surface area contributed by atoms with Gasteiger partial charge in [0.15, 0.2) is 0 Å². The van der Waals surface area contributed by atoms with E-state index in [1.807, 2.05) is 30.3 Å². The second-order valence-corrected chi connectivity index (χ2v) is 7.71. The molecule has 4 amide bonds. The van der Waals surface area contributed by atoms with Crippen LogP contribution in [0.1, 0.15) is 17.2 Å². The molecule has 2 aromatic rings. The van der Waals surface area contributed by atoms with E-state index in [1.165, 1.54) is 9.80 Å². The van der Waals surface area contributed by atoms with Crippen molar-refractivity contribution >= 4 is 23.5 Å². The van der Waals surface area contributed by atoms with Gasteiger partial charge < -0.3 is 30.3 Å². The normalized spacial score (nSPS) is 18.2. The van der Waals surface area contributed by atoms with Crippen LogP contribution in [-0.4, -0.2) is 72.6 Å². The van der Waals surface area contributed by atoms with E-state index in [1.54, 1.807) is 38.4 Å². The van der Waals surface area contributed by atoms with E-state index in [2.05, 4.69) is 10.6 Å². The summed E-state index contributed by atoms with van der Waals surface area (Å²) in [5.74, 6) is -0.581. The van der Waals surface area contributed by atoms with E-state index >= 15 is 0 Å². The molecule has 1 aliphatic heterocycles. The third-order valence-electron chi connectivity index (χ3n) is 5.24. The molecule has 1 aliphatic rings. The average Bonchev–Trinajstić information content (AvgIpc) is 2.80. The Morgan fingerprint density at radius 1 is 1.12 bits per heavy atom. The number of aliphatic hydroxyl groups is 1. The highest BCUT2D eigenvalue weighted by molar-refractivity contribution is 5.89. The molecule has 1 saturated heterocycles. The smallest absolute Gasteiger partial charge is 0.319 e. The predicted molar refractivity (Wildman–Crippen MR) is 119 cm³/mol. The van der Waals surface area contributed by atoms with Gasteiger partial charge in [0.2, 0.25) is 11.8 Å². The fourth-order valence-corrected chi connectivity index (χ4v) is 3.42. The molecule has 3 N–H and O–H groups in total. The van der Waals surface area contributed by atoms with Crippen molar-refractivity contribution in [3.8, 4) is 0 Å². The van der Waals surface area contributed by atoms with E-state index in [0.29, 0.717) is 12.2 Å². The summed E-state index contributed by atoms with van der Waals surface area (Å²) in [7, 11) is 3.22. The SMILES string of the molecule is CN(C)C(=O)CN1C(=O)COC(c2ccc(NC(=O)NCc3ccccc3)cc2)C1CO. The van der Waals surface area contributed by atoms with Crippen molar-refractivity contribution in [1.82, 2.24) is 15.1 Å². The molecule has 0 saturated carbocycles. The van der Waals surface area contributed by atoms with E-state index in [9.17, 15) is 19.5 Å². The van der Waals surface area contributed by atoms with Crippen molar-refractivity contribution in [1.29, 1.82) is 0 Å². The maximum atomic E-state index is 12.3. The lowest BCUT2D eigenvalue weighted by Gasteiger charge is -2.40. The number of aliphatic hydroxyl groups excluding tert-OH is 1. The number of urea groups is 1. The quantitative estimate of drug-likeness (QED) is 0.602. The second kappa shape index (κ2) is 10.7. The molecule has 2 unspecified atom stereocenters. The number of benzene rings is 2. The van der Waals surface area contributed by atoms with Crippen LogP contribution in [-0.2, 0) is 20.9 Å². The standard InChI is InChI=1S/C23H28N4O5/c1-26(2)20(29)13-27-19(14-28)22(32-15-21(27)30)17-8-10-18(11-9-17)25-23(31)24-12-16-6-4-3-5-7-16/h3-11,19,22,28H,12-15H2,1-2H3,(H2,24,25,31). The van der Waals surface area contributed by atoms with Crippen LogP contribution in [0.15, 0.2) is 54.6 Å². The molecule has 32 heavy (non-hydrogen) atoms. The first kappa shape index (κ1) is 23.2. The third-order valence-corrected chi connectivity index (χ3v) is 5.24. The lowest BCUT2D eigenvalue weighted by atomic mass is 9.99. The van der Waals surface area contributed by atoms with Gasteiger partial charge >= 0.3 is 6.03 Å². The van der Waals surface area contributed by atoms with Crippen molar-refractivity contribution in [2.45, 2.75) is 18.7 Å². The molecule has 9 heteroatoms. The van der Waals surface area contributed by atoms with Crippen LogP contribution in [0.4, 0.5) is 10.5 Å². The Labute approximate surface area is 187 Å². The minimum absolute atomic E-state index is 0.127. The second-order valence-electron chi connectivity index (χ2n) is 7.71. The van der Waals surface area contributed by atoms with E-state index in [4.69, 9.17) is 4.74 Å². The van der Waals surface area contributed by atoms with Crippen molar-refractivity contribution in [2.75, 3.05) is 39.2 Å². The molecule has 1 fully saturated rings. The Bertz CT molecular complexity index is 933. The summed E-state index contributed by atoms with van der Waals surface area (Å²) in [5, 5.41) is 15.5. The summed E-state index contributed by atoms with van der Waals surface area (Å²) in [5.41, 5.74) is 2.31. The van der Waals surface area contributed by atoms with Gasteiger partial charge in [0.1, 0.15) is 19.3 Å². The zero-order valence-corrected chi connectivity index (χ0v) is 18.2. The molecule has 0 aliphatic carbocycles. The van der Waals surface area contributed by atoms with Gasteiger partial charge in [0.05, 0.1) is 12.6 Å². The maximum Gasteiger partial charge on any atom is 0.319 e. The zero-order valence-electron chi connectivity index (χ0n) is 18.2. The Balaban J connectivity index is 1.63. The monoisotopic (exact) mass is 440 g/mol. The first-order valence-electron chi connectivity index (χ1n) is 10.3. The number of nitrogens with one attached hydrogen (secondary N) is 2. The lowest BCUT2D eigenvalue weighted by molar-refractivity contribution is -0.164. The van der Waals surface area contributed by atoms with Gasteiger partial charge in [0.25, 0.3) is 0 Å². The lowest BCUT2D eigenvalue weighted by Crippen LogP contribution is -2.55. The highest BCUT2D eigenvalue weighted by Crippen LogP contribution is 2.29. The molecular formula is C23H28N4O5. The zero-order chi connectivity index (χ0) is 23.1. The van der Waals surface area contributed by atoms with Gasteiger partial charge in [-0.2, -0.15) is 0 Å². The molecule has 2 atom stereocenters. The van der Waals surface area contributed by atoms with Crippen LogP contribution in [0.3, 0.4) is 0 Å². The minimum atomic E-state index is -0.687. The highest BCUT2D eigenvalue weighted by atomic mass is 16.5. The van der Waals surface area contributed by atoms with Crippen LogP contribution >= 0.6 is 0 Å². The maximum absolute atomic E-state index is 12.3. The first-order valence-corrected chi connectivity index (χ1v) is 10.3. The number of carbonyl (C=O) groups is 3. The van der Waals surface area contributed by atoms with Crippen LogP contribution in [0.25, 0.3) is 0 Å². The molecule has 3 rings (SSSR count). The molecule has 0 spiro atoms. The molecule has 170 valence electrons. The fourth-order valence-electron chi connectivity index (χ4n) is 3.42. The Morgan fingerprint density at radius 2 is 1.81 bits per heavy atom. The topological polar surface area (TPSA) is 111 Å². The average molecular weight is 441 g/mol. The van der Waals surface area contributed by atoms with E-state index in [0.717, 1.165) is 11.1 Å². The Kier molecular flexibility index (Phi) is 7.80. The van der Waals surface area contributed by atoms with Crippen molar-refractivity contribution < 1.29 is 24.2 Å². The van der Waals surface area contributed by atoms with Crippen molar-refractivity contribution in [2.24, 2.45) is 0 Å². The Hall–Kier alpha value is -3.43. The molecule has 2 aromatic carbocycles. The van der Waals surface area contributed by atoms with Crippen molar-refractivity contribution in [3.05, 3.63) is 65.7 Å². The highest BCUT2D eigenvalue weighted by Gasteiger charge is 2.38. The first-order chi connectivity index (χ1) is 15.4. The van der Waals surface area contributed by atoms with Crippen LogP contribution in [0, 0.1) is 0 Å². The minimum Gasteiger partial charge on any atom is -0.394 e. The number of carbonyl (C=O) groups excluding carboxylic acids is 3. The Morgan fingerprint density at radius 3 is 2.44 bits per heavy atom. The van der Waals surface area contributed by atoms with Gasteiger partial charge in [-0.3, -0.25) is 9.59 Å². The number of hydrogen-bond donors (Lipinski definition) is 3. The molecule has 1 heterocycles. The van der Waals surface area contributed by atoms with E-state index < -0.39 is 12.1 Å². The number of amides is 4. The number of ether oxygens (including phenoxy) is 1. The summed E-state index contributed by atoms with van der Waals surface area (Å²) in [6, 6.07) is 15.5. The molecule has 9 nitrogen and oxygen atoms in total. The molecule has 0 aromatic heterocycles. The number of nitrogens with zero attached hydrogens (tertiary/aromatic N) is 2. The molecule has 0 bridgehead atoms. The molecule has 0 radical (unpaired) electrons. The van der Waals surface area contributed by atoms with Crippen LogP contribution in [0.2, 0.25) is 0 Å². The summed E-state index contributed by atoms with van der Waals surface area (Å²) >= 11 is 0. The fraction of sp³-hybridized carbons (Fsp3) is 0.348. The van der Waals surface area contributed by atoms with Gasteiger partial charge in [-0.05, 0) is 23.3 Å². The van der Waals surface area contributed by atoms with Crippen LogP contribution in [0.5, 0.6) is 0 Å². The number of morpholine rings is 1. The van der Waals surface area contributed by atoms with Crippen LogP contribution < -0.4 is 10.6 Å². The number of hydrogen-bond acceptors (Lipinski definition) is 5. The number of likely N-dealkylation sites (N-methyl/N-ethyl adjacent to an activating group) is 1. The van der Waals surface area contributed by atoms with Gasteiger partial charge in [-0.1, -0.05) is 42.5 Å². The predicted octanol–water partition coefficient (Wildman–Crippen LogP) is 1.36. The molecular weight excluding hydrogens is 412 g/mol. The number of anilines is 1. The van der Waals surface area contributed by atoms with Gasteiger partial charge in [-0.25, -0.2) is 4.79 Å². The largest absolute Gasteiger partial charge is 0.394 e. The summed E-state index contributed by atoms with van der Waals surface area (Å²) < 4.78 is 5.68. The third kappa shape index (κ3) is 5.83. The summed E-state index contributed by atoms with van der Waals surface area (Å²) in [4.78, 5) is 39.3. The summed E-state index contributed by atoms with van der Waals surface area (Å²) in [6.07, 6.45) is -0.589.